The molecule has 1 aliphatic heterocycles. The summed E-state index contributed by atoms with van der Waals surface area (Å²) in [7, 11) is 1.67. The number of hydrogen-bond acceptors (Lipinski definition) is 8. The van der Waals surface area contributed by atoms with E-state index in [9.17, 15) is 9.65 Å². The summed E-state index contributed by atoms with van der Waals surface area (Å²) in [5.41, 5.74) is 5.34. The van der Waals surface area contributed by atoms with Crippen molar-refractivity contribution < 1.29 is 9.13 Å². The summed E-state index contributed by atoms with van der Waals surface area (Å²) in [6.45, 7) is 9.22. The van der Waals surface area contributed by atoms with E-state index in [1.54, 1.807) is 19.2 Å². The van der Waals surface area contributed by atoms with Gasteiger partial charge in [-0.05, 0) is 75.1 Å². The molecule has 3 aromatic carbocycles. The molecule has 6 rings (SSSR count). The van der Waals surface area contributed by atoms with Crippen LogP contribution in [0.15, 0.2) is 67.0 Å². The van der Waals surface area contributed by atoms with E-state index in [4.69, 9.17) is 27.9 Å². The molecule has 1 fully saturated rings. The average molecular weight is 688 g/mol. The average Bonchev–Trinajstić information content (AvgIpc) is 3.56. The first-order chi connectivity index (χ1) is 23.0. The van der Waals surface area contributed by atoms with E-state index in [0.29, 0.717) is 45.2 Å². The third kappa shape index (κ3) is 7.25. The standard InChI is InChI=1S/C36H37Cl2FN8O/c1-36(2,3)46-12-10-27(11-13-46)47-20-32(44-45-47)34(23-7-5-6-22(14-23)21-48-4)43-26-15-28-33(42-25-8-9-31(39)29(37)16-25)24(18-40)19-41-35(28)30(38)17-26/h5-9,14-17,19-20,27,34,43H,10-13,21H2,1-4H3,(H,41,42). The van der Waals surface area contributed by atoms with Crippen LogP contribution >= 0.6 is 23.2 Å². The Kier molecular flexibility index (Phi) is 9.85. The van der Waals surface area contributed by atoms with Crippen LogP contribution in [0.2, 0.25) is 10.0 Å². The molecule has 1 unspecified atom stereocenters. The van der Waals surface area contributed by atoms with Gasteiger partial charge in [0.2, 0.25) is 0 Å². The zero-order chi connectivity index (χ0) is 34.0. The molecule has 0 aliphatic carbocycles. The minimum Gasteiger partial charge on any atom is -0.380 e. The molecule has 0 amide bonds. The van der Waals surface area contributed by atoms with Gasteiger partial charge in [-0.15, -0.1) is 5.10 Å². The van der Waals surface area contributed by atoms with E-state index in [-0.39, 0.29) is 16.6 Å². The Morgan fingerprint density at radius 1 is 1.06 bits per heavy atom. The van der Waals surface area contributed by atoms with Gasteiger partial charge in [0.25, 0.3) is 0 Å². The number of pyridine rings is 1. The summed E-state index contributed by atoms with van der Waals surface area (Å²) >= 11 is 12.9. The van der Waals surface area contributed by atoms with Crippen molar-refractivity contribution in [2.24, 2.45) is 0 Å². The van der Waals surface area contributed by atoms with Crippen LogP contribution in [0.4, 0.5) is 21.5 Å². The molecule has 1 saturated heterocycles. The zero-order valence-electron chi connectivity index (χ0n) is 27.3. The van der Waals surface area contributed by atoms with Crippen molar-refractivity contribution in [3.8, 4) is 6.07 Å². The molecule has 3 heterocycles. The van der Waals surface area contributed by atoms with E-state index in [0.717, 1.165) is 42.8 Å². The van der Waals surface area contributed by atoms with Crippen molar-refractivity contribution in [1.29, 1.82) is 5.26 Å². The van der Waals surface area contributed by atoms with Crippen LogP contribution in [-0.4, -0.2) is 50.6 Å². The third-order valence-electron chi connectivity index (χ3n) is 8.75. The normalized spacial score (nSPS) is 15.0. The number of hydrogen-bond donors (Lipinski definition) is 2. The van der Waals surface area contributed by atoms with Gasteiger partial charge < -0.3 is 15.4 Å². The number of nitrogens with zero attached hydrogens (tertiary/aromatic N) is 6. The van der Waals surface area contributed by atoms with Crippen LogP contribution in [0.5, 0.6) is 0 Å². The summed E-state index contributed by atoms with van der Waals surface area (Å²) in [6.07, 6.45) is 5.47. The van der Waals surface area contributed by atoms with Gasteiger partial charge in [0.05, 0.1) is 51.7 Å². The Morgan fingerprint density at radius 2 is 1.83 bits per heavy atom. The first-order valence-corrected chi connectivity index (χ1v) is 16.5. The van der Waals surface area contributed by atoms with E-state index in [1.165, 1.54) is 18.3 Å². The monoisotopic (exact) mass is 686 g/mol. The highest BCUT2D eigenvalue weighted by Gasteiger charge is 2.29. The van der Waals surface area contributed by atoms with Gasteiger partial charge in [0, 0.05) is 48.7 Å². The molecule has 1 aliphatic rings. The van der Waals surface area contributed by atoms with E-state index < -0.39 is 11.9 Å². The van der Waals surface area contributed by atoms with Gasteiger partial charge >= 0.3 is 0 Å². The molecule has 12 heteroatoms. The number of rotatable bonds is 9. The van der Waals surface area contributed by atoms with Gasteiger partial charge in [-0.25, -0.2) is 9.07 Å². The largest absolute Gasteiger partial charge is 0.380 e. The number of fused-ring (bicyclic) bond motifs is 1. The molecule has 0 spiro atoms. The molecule has 2 N–H and O–H groups in total. The molecular weight excluding hydrogens is 650 g/mol. The second-order valence-corrected chi connectivity index (χ2v) is 13.8. The Morgan fingerprint density at radius 3 is 2.54 bits per heavy atom. The van der Waals surface area contributed by atoms with Gasteiger partial charge in [-0.3, -0.25) is 9.88 Å². The quantitative estimate of drug-likeness (QED) is 0.159. The van der Waals surface area contributed by atoms with Gasteiger partial charge in [-0.2, -0.15) is 5.26 Å². The number of anilines is 3. The van der Waals surface area contributed by atoms with Crippen molar-refractivity contribution in [3.63, 3.8) is 0 Å². The Bertz CT molecular complexity index is 1980. The van der Waals surface area contributed by atoms with E-state index in [1.807, 2.05) is 35.1 Å². The highest BCUT2D eigenvalue weighted by atomic mass is 35.5. The van der Waals surface area contributed by atoms with Crippen molar-refractivity contribution >= 4 is 51.2 Å². The number of benzene rings is 3. The smallest absolute Gasteiger partial charge is 0.141 e. The number of nitrogens with one attached hydrogen (secondary N) is 2. The van der Waals surface area contributed by atoms with Crippen LogP contribution in [0.3, 0.4) is 0 Å². The molecule has 1 atom stereocenters. The summed E-state index contributed by atoms with van der Waals surface area (Å²) in [6, 6.07) is 18.2. The van der Waals surface area contributed by atoms with Crippen LogP contribution in [0.25, 0.3) is 10.9 Å². The first kappa shape index (κ1) is 33.6. The first-order valence-electron chi connectivity index (χ1n) is 15.8. The van der Waals surface area contributed by atoms with Crippen molar-refractivity contribution in [2.45, 2.75) is 57.8 Å². The topological polar surface area (TPSA) is 104 Å². The highest BCUT2D eigenvalue weighted by molar-refractivity contribution is 6.36. The van der Waals surface area contributed by atoms with E-state index in [2.05, 4.69) is 63.7 Å². The second-order valence-electron chi connectivity index (χ2n) is 13.0. The molecular formula is C36H37Cl2FN8O. The molecule has 2 aromatic heterocycles. The second kappa shape index (κ2) is 14.1. The van der Waals surface area contributed by atoms with Crippen molar-refractivity contribution in [3.05, 3.63) is 105 Å². The maximum Gasteiger partial charge on any atom is 0.141 e. The number of methoxy groups -OCH3 is 1. The molecule has 0 saturated carbocycles. The summed E-state index contributed by atoms with van der Waals surface area (Å²) in [5.74, 6) is -0.537. The summed E-state index contributed by atoms with van der Waals surface area (Å²) in [5, 5.41) is 27.1. The lowest BCUT2D eigenvalue weighted by Crippen LogP contribution is -2.46. The molecule has 0 radical (unpaired) electrons. The van der Waals surface area contributed by atoms with Crippen LogP contribution in [0.1, 0.15) is 68.1 Å². The van der Waals surface area contributed by atoms with Crippen molar-refractivity contribution in [2.75, 3.05) is 30.8 Å². The van der Waals surface area contributed by atoms with Gasteiger partial charge in [0.15, 0.2) is 0 Å². The summed E-state index contributed by atoms with van der Waals surface area (Å²) < 4.78 is 21.3. The molecule has 0 bridgehead atoms. The number of likely N-dealkylation sites (tertiary alicyclic amines) is 1. The fraction of sp³-hybridized carbons (Fsp3) is 0.333. The minimum absolute atomic E-state index is 0.0383. The fourth-order valence-electron chi connectivity index (χ4n) is 6.21. The fourth-order valence-corrected chi connectivity index (χ4v) is 6.66. The predicted molar refractivity (Wildman–Crippen MR) is 188 cm³/mol. The maximum atomic E-state index is 13.9. The summed E-state index contributed by atoms with van der Waals surface area (Å²) in [4.78, 5) is 6.99. The molecule has 48 heavy (non-hydrogen) atoms. The van der Waals surface area contributed by atoms with Crippen LogP contribution < -0.4 is 10.6 Å². The number of halogens is 3. The van der Waals surface area contributed by atoms with E-state index >= 15 is 0 Å². The number of aromatic nitrogens is 4. The molecule has 5 aromatic rings. The number of ether oxygens (including phenoxy) is 1. The van der Waals surface area contributed by atoms with Crippen LogP contribution in [0, 0.1) is 17.1 Å². The van der Waals surface area contributed by atoms with Crippen LogP contribution in [-0.2, 0) is 11.3 Å². The Balaban J connectivity index is 1.38. The van der Waals surface area contributed by atoms with Gasteiger partial charge in [0.1, 0.15) is 17.6 Å². The number of piperidine rings is 1. The maximum absolute atomic E-state index is 13.9. The SMILES string of the molecule is COCc1cccc(C(Nc2cc(Cl)c3ncc(C#N)c(Nc4ccc(F)c(Cl)c4)c3c2)c2cn(C3CCN(C(C)(C)C)CC3)nn2)c1. The lowest BCUT2D eigenvalue weighted by atomic mass is 9.98. The Labute approximate surface area is 289 Å². The lowest BCUT2D eigenvalue weighted by molar-refractivity contribution is 0.0866. The minimum atomic E-state index is -0.537. The molecule has 248 valence electrons. The zero-order valence-corrected chi connectivity index (χ0v) is 28.8. The molecule has 9 nitrogen and oxygen atoms in total. The highest BCUT2D eigenvalue weighted by Crippen LogP contribution is 2.37. The van der Waals surface area contributed by atoms with Gasteiger partial charge in [-0.1, -0.05) is 52.7 Å². The lowest BCUT2D eigenvalue weighted by Gasteiger charge is -2.40. The Hall–Kier alpha value is -4.27. The van der Waals surface area contributed by atoms with Crippen molar-refractivity contribution in [1.82, 2.24) is 24.9 Å². The number of nitriles is 1. The predicted octanol–water partition coefficient (Wildman–Crippen LogP) is 8.67. The third-order valence-corrected chi connectivity index (χ3v) is 9.33.